The van der Waals surface area contributed by atoms with Crippen LogP contribution in [0.5, 0.6) is 0 Å². The molecule has 0 heterocycles. The Bertz CT molecular complexity index is 574. The molecule has 1 aromatic rings. The van der Waals surface area contributed by atoms with Gasteiger partial charge in [-0.05, 0) is 48.8 Å². The lowest BCUT2D eigenvalue weighted by molar-refractivity contribution is 0.0228. The second-order valence-electron chi connectivity index (χ2n) is 5.93. The van der Waals surface area contributed by atoms with E-state index in [0.29, 0.717) is 12.3 Å². The monoisotopic (exact) mass is 281 g/mol. The maximum atomic E-state index is 13.3. The molecule has 2 fully saturated rings. The summed E-state index contributed by atoms with van der Waals surface area (Å²) in [4.78, 5) is 0. The molecule has 2 aliphatic carbocycles. The van der Waals surface area contributed by atoms with Crippen LogP contribution < -0.4 is 0 Å². The molecule has 2 bridgehead atoms. The molecule has 0 radical (unpaired) electrons. The van der Waals surface area contributed by atoms with Crippen LogP contribution in [-0.4, -0.2) is 5.11 Å². The predicted octanol–water partition coefficient (Wildman–Crippen LogP) is 3.47. The zero-order valence-corrected chi connectivity index (χ0v) is 10.7. The van der Waals surface area contributed by atoms with Gasteiger partial charge in [0, 0.05) is 0 Å². The predicted molar refractivity (Wildman–Crippen MR) is 64.8 cm³/mol. The highest BCUT2D eigenvalue weighted by atomic mass is 19.2. The van der Waals surface area contributed by atoms with Gasteiger partial charge in [-0.3, -0.25) is 0 Å². The Morgan fingerprint density at radius 2 is 1.90 bits per heavy atom. The summed E-state index contributed by atoms with van der Waals surface area (Å²) in [5, 5.41) is 19.9. The van der Waals surface area contributed by atoms with Crippen LogP contribution in [0.3, 0.4) is 0 Å². The summed E-state index contributed by atoms with van der Waals surface area (Å²) >= 11 is 0. The number of aliphatic hydroxyl groups excluding tert-OH is 1. The first kappa shape index (κ1) is 13.4. The van der Waals surface area contributed by atoms with E-state index in [9.17, 15) is 23.5 Å². The van der Waals surface area contributed by atoms with Gasteiger partial charge in [0.25, 0.3) is 0 Å². The van der Waals surface area contributed by atoms with Crippen LogP contribution in [0.15, 0.2) is 12.1 Å². The summed E-state index contributed by atoms with van der Waals surface area (Å²) in [7, 11) is 0. The molecule has 3 rings (SSSR count). The lowest BCUT2D eigenvalue weighted by Gasteiger charge is -2.35. The van der Waals surface area contributed by atoms with Gasteiger partial charge in [0.05, 0.1) is 17.6 Å². The SMILES string of the molecule is N#CC1(C(O)c2cc(F)c(F)c(F)c2)CC2CCC1C2. The number of hydrogen-bond acceptors (Lipinski definition) is 2. The molecule has 4 atom stereocenters. The number of halogens is 3. The van der Waals surface area contributed by atoms with Gasteiger partial charge < -0.3 is 5.11 Å². The lowest BCUT2D eigenvalue weighted by atomic mass is 9.68. The van der Waals surface area contributed by atoms with E-state index >= 15 is 0 Å². The van der Waals surface area contributed by atoms with Crippen LogP contribution in [0.1, 0.15) is 37.4 Å². The molecule has 5 heteroatoms. The minimum atomic E-state index is -1.56. The Morgan fingerprint density at radius 1 is 1.25 bits per heavy atom. The minimum Gasteiger partial charge on any atom is -0.387 e. The smallest absolute Gasteiger partial charge is 0.194 e. The fourth-order valence-electron chi connectivity index (χ4n) is 3.94. The van der Waals surface area contributed by atoms with E-state index < -0.39 is 29.0 Å². The summed E-state index contributed by atoms with van der Waals surface area (Å²) in [5.74, 6) is -3.79. The molecule has 2 aliphatic rings. The number of aliphatic hydroxyl groups is 1. The van der Waals surface area contributed by atoms with Crippen molar-refractivity contribution in [3.8, 4) is 6.07 Å². The molecule has 0 aromatic heterocycles. The van der Waals surface area contributed by atoms with Crippen LogP contribution >= 0.6 is 0 Å². The van der Waals surface area contributed by atoms with Gasteiger partial charge in [0.2, 0.25) is 0 Å². The average molecular weight is 281 g/mol. The molecule has 106 valence electrons. The maximum Gasteiger partial charge on any atom is 0.194 e. The first-order valence-corrected chi connectivity index (χ1v) is 6.71. The Labute approximate surface area is 114 Å². The number of nitrogens with zero attached hydrogens (tertiary/aromatic N) is 1. The quantitative estimate of drug-likeness (QED) is 0.844. The van der Waals surface area contributed by atoms with Crippen LogP contribution in [0.2, 0.25) is 0 Å². The Morgan fingerprint density at radius 3 is 2.35 bits per heavy atom. The van der Waals surface area contributed by atoms with Gasteiger partial charge in [0.15, 0.2) is 17.5 Å². The van der Waals surface area contributed by atoms with Crippen molar-refractivity contribution in [1.82, 2.24) is 0 Å². The Balaban J connectivity index is 2.00. The molecule has 20 heavy (non-hydrogen) atoms. The second kappa shape index (κ2) is 4.49. The molecule has 2 nitrogen and oxygen atoms in total. The molecule has 0 aliphatic heterocycles. The Kier molecular flexibility index (Phi) is 3.02. The van der Waals surface area contributed by atoms with Crippen LogP contribution in [0.25, 0.3) is 0 Å². The average Bonchev–Trinajstić information content (AvgIpc) is 3.04. The molecule has 1 N–H and O–H groups in total. The van der Waals surface area contributed by atoms with E-state index in [1.165, 1.54) is 0 Å². The maximum absolute atomic E-state index is 13.3. The fraction of sp³-hybridized carbons (Fsp3) is 0.533. The molecular weight excluding hydrogens is 267 g/mol. The Hall–Kier alpha value is -1.54. The van der Waals surface area contributed by atoms with Crippen molar-refractivity contribution in [3.63, 3.8) is 0 Å². The van der Waals surface area contributed by atoms with Gasteiger partial charge >= 0.3 is 0 Å². The molecule has 1 aromatic carbocycles. The van der Waals surface area contributed by atoms with E-state index in [2.05, 4.69) is 6.07 Å². The van der Waals surface area contributed by atoms with Crippen molar-refractivity contribution < 1.29 is 18.3 Å². The highest BCUT2D eigenvalue weighted by Crippen LogP contribution is 2.60. The summed E-state index contributed by atoms with van der Waals surface area (Å²) < 4.78 is 39.6. The molecular formula is C15H14F3NO. The zero-order valence-electron chi connectivity index (χ0n) is 10.7. The van der Waals surface area contributed by atoms with Crippen LogP contribution in [0.4, 0.5) is 13.2 Å². The van der Waals surface area contributed by atoms with E-state index in [1.807, 2.05) is 0 Å². The highest BCUT2D eigenvalue weighted by molar-refractivity contribution is 5.28. The normalized spacial score (nSPS) is 33.1. The van der Waals surface area contributed by atoms with Crippen molar-refractivity contribution >= 4 is 0 Å². The topological polar surface area (TPSA) is 44.0 Å². The summed E-state index contributed by atoms with van der Waals surface area (Å²) in [6.45, 7) is 0. The van der Waals surface area contributed by atoms with Gasteiger partial charge in [-0.1, -0.05) is 6.42 Å². The number of fused-ring (bicyclic) bond motifs is 2. The molecule has 2 saturated carbocycles. The second-order valence-corrected chi connectivity index (χ2v) is 5.93. The first-order chi connectivity index (χ1) is 9.48. The molecule has 0 amide bonds. The summed E-state index contributed by atoms with van der Waals surface area (Å²) in [6, 6.07) is 3.74. The van der Waals surface area contributed by atoms with E-state index in [4.69, 9.17) is 0 Å². The van der Waals surface area contributed by atoms with Crippen molar-refractivity contribution in [2.24, 2.45) is 17.3 Å². The number of benzene rings is 1. The fourth-order valence-corrected chi connectivity index (χ4v) is 3.94. The van der Waals surface area contributed by atoms with Crippen molar-refractivity contribution in [3.05, 3.63) is 35.1 Å². The largest absolute Gasteiger partial charge is 0.387 e. The van der Waals surface area contributed by atoms with E-state index in [-0.39, 0.29) is 11.5 Å². The van der Waals surface area contributed by atoms with Crippen LogP contribution in [-0.2, 0) is 0 Å². The summed E-state index contributed by atoms with van der Waals surface area (Å²) in [5.41, 5.74) is -1.06. The first-order valence-electron chi connectivity index (χ1n) is 6.71. The number of hydrogen-bond donors (Lipinski definition) is 1. The van der Waals surface area contributed by atoms with Crippen molar-refractivity contribution in [1.29, 1.82) is 5.26 Å². The van der Waals surface area contributed by atoms with Gasteiger partial charge in [-0.2, -0.15) is 5.26 Å². The van der Waals surface area contributed by atoms with Crippen molar-refractivity contribution in [2.45, 2.75) is 31.8 Å². The number of nitriles is 1. The van der Waals surface area contributed by atoms with E-state index in [0.717, 1.165) is 31.4 Å². The van der Waals surface area contributed by atoms with Crippen LogP contribution in [0, 0.1) is 46.0 Å². The number of rotatable bonds is 2. The third kappa shape index (κ3) is 1.75. The van der Waals surface area contributed by atoms with Gasteiger partial charge in [0.1, 0.15) is 0 Å². The third-order valence-electron chi connectivity index (χ3n) is 4.91. The molecule has 0 saturated heterocycles. The minimum absolute atomic E-state index is 0.0451. The van der Waals surface area contributed by atoms with Gasteiger partial charge in [-0.25, -0.2) is 13.2 Å². The van der Waals surface area contributed by atoms with Crippen molar-refractivity contribution in [2.75, 3.05) is 0 Å². The lowest BCUT2D eigenvalue weighted by Crippen LogP contribution is -2.33. The van der Waals surface area contributed by atoms with E-state index in [1.54, 1.807) is 0 Å². The molecule has 4 unspecified atom stereocenters. The summed E-state index contributed by atoms with van der Waals surface area (Å²) in [6.07, 6.45) is 2.01. The highest BCUT2D eigenvalue weighted by Gasteiger charge is 2.55. The third-order valence-corrected chi connectivity index (χ3v) is 4.91. The standard InChI is InChI=1S/C15H14F3NO/c16-11-4-9(5-12(17)13(11)18)14(20)15(7-19)6-8-1-2-10(15)3-8/h4-5,8,10,14,20H,1-3,6H2. The van der Waals surface area contributed by atoms with Gasteiger partial charge in [-0.15, -0.1) is 0 Å². The molecule has 0 spiro atoms. The zero-order chi connectivity index (χ0) is 14.5.